The van der Waals surface area contributed by atoms with Gasteiger partial charge in [-0.25, -0.2) is 17.9 Å². The predicted octanol–water partition coefficient (Wildman–Crippen LogP) is 1.79. The highest BCUT2D eigenvalue weighted by molar-refractivity contribution is 7.89. The molecule has 0 heterocycles. The van der Waals surface area contributed by atoms with Gasteiger partial charge in [-0.15, -0.1) is 0 Å². The third-order valence-electron chi connectivity index (χ3n) is 3.90. The van der Waals surface area contributed by atoms with Gasteiger partial charge in [-0.3, -0.25) is 4.90 Å². The normalized spacial score (nSPS) is 13.1. The van der Waals surface area contributed by atoms with E-state index in [1.54, 1.807) is 19.1 Å². The molecule has 1 N–H and O–H groups in total. The maximum Gasteiger partial charge on any atom is 0.337 e. The number of nitrogens with one attached hydrogen (secondary N) is 1. The van der Waals surface area contributed by atoms with Crippen molar-refractivity contribution in [2.45, 2.75) is 38.6 Å². The molecule has 0 spiro atoms. The lowest BCUT2D eigenvalue weighted by atomic mass is 10.1. The molecule has 0 radical (unpaired) electrons. The molecule has 0 aliphatic rings. The Morgan fingerprint density at radius 3 is 2.43 bits per heavy atom. The number of benzene rings is 1. The van der Waals surface area contributed by atoms with Crippen LogP contribution in [-0.2, 0) is 14.8 Å². The van der Waals surface area contributed by atoms with E-state index >= 15 is 0 Å². The molecular weight excluding hydrogens is 316 g/mol. The van der Waals surface area contributed by atoms with Crippen molar-refractivity contribution in [3.05, 3.63) is 29.3 Å². The first-order chi connectivity index (χ1) is 10.8. The van der Waals surface area contributed by atoms with Crippen molar-refractivity contribution >= 4 is 16.0 Å². The number of esters is 1. The standard InChI is InChI=1S/C16H26N2O4S/c1-6-18(7-2)13(4)11-17-23(20,21)15-10-14(16(19)22-5)9-8-12(15)3/h8-10,13,17H,6-7,11H2,1-5H3/t13-/m1/s1. The summed E-state index contributed by atoms with van der Waals surface area (Å²) in [5, 5.41) is 0. The second-order valence-electron chi connectivity index (χ2n) is 5.39. The Morgan fingerprint density at radius 1 is 1.30 bits per heavy atom. The van der Waals surface area contributed by atoms with Crippen molar-refractivity contribution < 1.29 is 17.9 Å². The third kappa shape index (κ3) is 5.02. The van der Waals surface area contributed by atoms with Crippen molar-refractivity contribution in [1.82, 2.24) is 9.62 Å². The average Bonchev–Trinajstić information content (AvgIpc) is 2.53. The molecule has 0 aromatic heterocycles. The highest BCUT2D eigenvalue weighted by Gasteiger charge is 2.21. The Labute approximate surface area is 138 Å². The van der Waals surface area contributed by atoms with E-state index < -0.39 is 16.0 Å². The summed E-state index contributed by atoms with van der Waals surface area (Å²) < 4.78 is 32.3. The number of methoxy groups -OCH3 is 1. The molecule has 0 saturated heterocycles. The molecule has 130 valence electrons. The van der Waals surface area contributed by atoms with Gasteiger partial charge in [-0.2, -0.15) is 0 Å². The zero-order chi connectivity index (χ0) is 17.6. The summed E-state index contributed by atoms with van der Waals surface area (Å²) in [6, 6.07) is 4.60. The van der Waals surface area contributed by atoms with Crippen LogP contribution in [0.1, 0.15) is 36.7 Å². The van der Waals surface area contributed by atoms with Crippen LogP contribution in [-0.4, -0.2) is 52.1 Å². The second-order valence-corrected chi connectivity index (χ2v) is 7.13. The first-order valence-electron chi connectivity index (χ1n) is 7.69. The maximum absolute atomic E-state index is 12.5. The fourth-order valence-corrected chi connectivity index (χ4v) is 3.81. The fraction of sp³-hybridized carbons (Fsp3) is 0.562. The number of likely N-dealkylation sites (N-methyl/N-ethyl adjacent to an activating group) is 1. The van der Waals surface area contributed by atoms with Crippen LogP contribution in [0.3, 0.4) is 0 Å². The van der Waals surface area contributed by atoms with Gasteiger partial charge in [-0.05, 0) is 44.6 Å². The molecule has 0 fully saturated rings. The summed E-state index contributed by atoms with van der Waals surface area (Å²) in [5.74, 6) is -0.557. The van der Waals surface area contributed by atoms with Crippen LogP contribution in [0.4, 0.5) is 0 Å². The molecular formula is C16H26N2O4S. The van der Waals surface area contributed by atoms with E-state index in [0.717, 1.165) is 13.1 Å². The van der Waals surface area contributed by atoms with E-state index in [0.29, 0.717) is 12.1 Å². The van der Waals surface area contributed by atoms with Crippen LogP contribution in [0, 0.1) is 6.92 Å². The Balaban J connectivity index is 2.98. The van der Waals surface area contributed by atoms with E-state index in [1.807, 2.05) is 20.8 Å². The number of nitrogens with zero attached hydrogens (tertiary/aromatic N) is 1. The van der Waals surface area contributed by atoms with Crippen molar-refractivity contribution in [3.8, 4) is 0 Å². The van der Waals surface area contributed by atoms with Gasteiger partial charge in [0, 0.05) is 12.6 Å². The summed E-state index contributed by atoms with van der Waals surface area (Å²) in [7, 11) is -2.42. The van der Waals surface area contributed by atoms with Crippen LogP contribution in [0.2, 0.25) is 0 Å². The smallest absolute Gasteiger partial charge is 0.337 e. The molecule has 0 saturated carbocycles. The van der Waals surface area contributed by atoms with E-state index in [1.165, 1.54) is 13.2 Å². The van der Waals surface area contributed by atoms with Gasteiger partial charge < -0.3 is 4.74 Å². The van der Waals surface area contributed by atoms with Crippen LogP contribution >= 0.6 is 0 Å². The molecule has 6 nitrogen and oxygen atoms in total. The highest BCUT2D eigenvalue weighted by Crippen LogP contribution is 2.17. The largest absolute Gasteiger partial charge is 0.465 e. The number of carbonyl (C=O) groups is 1. The third-order valence-corrected chi connectivity index (χ3v) is 5.47. The summed E-state index contributed by atoms with van der Waals surface area (Å²) in [4.78, 5) is 13.9. The van der Waals surface area contributed by atoms with E-state index in [4.69, 9.17) is 0 Å². The lowest BCUT2D eigenvalue weighted by Crippen LogP contribution is -2.42. The van der Waals surface area contributed by atoms with E-state index in [-0.39, 0.29) is 16.5 Å². The van der Waals surface area contributed by atoms with Crippen LogP contribution in [0.25, 0.3) is 0 Å². The Hall–Kier alpha value is -1.44. The molecule has 23 heavy (non-hydrogen) atoms. The molecule has 1 aromatic carbocycles. The molecule has 0 amide bonds. The van der Waals surface area contributed by atoms with Crippen LogP contribution in [0.15, 0.2) is 23.1 Å². The number of sulfonamides is 1. The summed E-state index contributed by atoms with van der Waals surface area (Å²) in [6.07, 6.45) is 0. The zero-order valence-corrected chi connectivity index (χ0v) is 15.2. The Bertz CT molecular complexity index is 639. The lowest BCUT2D eigenvalue weighted by Gasteiger charge is -2.26. The number of aryl methyl sites for hydroxylation is 1. The van der Waals surface area contributed by atoms with Gasteiger partial charge in [-0.1, -0.05) is 19.9 Å². The molecule has 0 bridgehead atoms. The summed E-state index contributed by atoms with van der Waals surface area (Å²) in [6.45, 7) is 9.78. The second kappa shape index (κ2) is 8.42. The monoisotopic (exact) mass is 342 g/mol. The number of rotatable bonds is 8. The fourth-order valence-electron chi connectivity index (χ4n) is 2.42. The molecule has 0 aliphatic carbocycles. The SMILES string of the molecule is CCN(CC)[C@H](C)CNS(=O)(=O)c1cc(C(=O)OC)ccc1C. The summed E-state index contributed by atoms with van der Waals surface area (Å²) in [5.41, 5.74) is 0.802. The zero-order valence-electron chi connectivity index (χ0n) is 14.4. The lowest BCUT2D eigenvalue weighted by molar-refractivity contribution is 0.0600. The predicted molar refractivity (Wildman–Crippen MR) is 90.1 cm³/mol. The van der Waals surface area contributed by atoms with Gasteiger partial charge in [0.05, 0.1) is 17.6 Å². The number of ether oxygens (including phenoxy) is 1. The van der Waals surface area contributed by atoms with E-state index in [9.17, 15) is 13.2 Å². The number of carbonyl (C=O) groups excluding carboxylic acids is 1. The quantitative estimate of drug-likeness (QED) is 0.729. The van der Waals surface area contributed by atoms with Crippen LogP contribution < -0.4 is 4.72 Å². The molecule has 1 atom stereocenters. The maximum atomic E-state index is 12.5. The van der Waals surface area contributed by atoms with E-state index in [2.05, 4.69) is 14.4 Å². The Kier molecular flexibility index (Phi) is 7.18. The van der Waals surface area contributed by atoms with Gasteiger partial charge in [0.2, 0.25) is 10.0 Å². The van der Waals surface area contributed by atoms with Crippen molar-refractivity contribution in [1.29, 1.82) is 0 Å². The van der Waals surface area contributed by atoms with Crippen molar-refractivity contribution in [3.63, 3.8) is 0 Å². The van der Waals surface area contributed by atoms with Gasteiger partial charge in [0.25, 0.3) is 0 Å². The highest BCUT2D eigenvalue weighted by atomic mass is 32.2. The molecule has 7 heteroatoms. The van der Waals surface area contributed by atoms with Crippen molar-refractivity contribution in [2.24, 2.45) is 0 Å². The first kappa shape index (κ1) is 19.6. The first-order valence-corrected chi connectivity index (χ1v) is 9.17. The van der Waals surface area contributed by atoms with Gasteiger partial charge in [0.15, 0.2) is 0 Å². The number of hydrogen-bond donors (Lipinski definition) is 1. The minimum absolute atomic E-state index is 0.0869. The van der Waals surface area contributed by atoms with Crippen molar-refractivity contribution in [2.75, 3.05) is 26.7 Å². The topological polar surface area (TPSA) is 75.7 Å². The minimum Gasteiger partial charge on any atom is -0.465 e. The van der Waals surface area contributed by atoms with Gasteiger partial charge >= 0.3 is 5.97 Å². The number of hydrogen-bond acceptors (Lipinski definition) is 5. The molecule has 1 aromatic rings. The van der Waals surface area contributed by atoms with Crippen LogP contribution in [0.5, 0.6) is 0 Å². The Morgan fingerprint density at radius 2 is 1.91 bits per heavy atom. The van der Waals surface area contributed by atoms with Gasteiger partial charge in [0.1, 0.15) is 0 Å². The minimum atomic E-state index is -3.68. The molecule has 0 unspecified atom stereocenters. The molecule has 0 aliphatic heterocycles. The summed E-state index contributed by atoms with van der Waals surface area (Å²) >= 11 is 0. The molecule has 1 rings (SSSR count). The average molecular weight is 342 g/mol.